The highest BCUT2D eigenvalue weighted by molar-refractivity contribution is 5.52. The summed E-state index contributed by atoms with van der Waals surface area (Å²) in [5.74, 6) is 0.123. The van der Waals surface area contributed by atoms with E-state index < -0.39 is 43.2 Å². The predicted octanol–water partition coefficient (Wildman–Crippen LogP) is -0.168. The number of aliphatic hydroxyl groups is 6. The van der Waals surface area contributed by atoms with E-state index in [4.69, 9.17) is 18.9 Å². The number of benzene rings is 2. The maximum absolute atomic E-state index is 10.5. The topological polar surface area (TPSA) is 179 Å². The van der Waals surface area contributed by atoms with Crippen LogP contribution in [-0.4, -0.2) is 100 Å². The van der Waals surface area contributed by atoms with Gasteiger partial charge in [0.15, 0.2) is 23.0 Å². The smallest absolute Gasteiger partial charge is 0.229 e. The third kappa shape index (κ3) is 6.63. The van der Waals surface area contributed by atoms with Crippen LogP contribution >= 0.6 is 0 Å². The van der Waals surface area contributed by atoms with Gasteiger partial charge < -0.3 is 54.7 Å². The molecule has 1 heterocycles. The molecule has 2 aromatic carbocycles. The van der Waals surface area contributed by atoms with Crippen LogP contribution in [0.15, 0.2) is 30.3 Å². The molecule has 7 N–H and O–H groups in total. The lowest BCUT2D eigenvalue weighted by Gasteiger charge is -2.40. The maximum atomic E-state index is 10.5. The molecule has 6 atom stereocenters. The summed E-state index contributed by atoms with van der Waals surface area (Å²) < 4.78 is 22.3. The first-order valence-corrected chi connectivity index (χ1v) is 12.0. The number of aryl methyl sites for hydroxylation is 1. The lowest BCUT2D eigenvalue weighted by atomic mass is 9.89. The zero-order valence-corrected chi connectivity index (χ0v) is 20.9. The number of phenolic OH excluding ortho intramolecular Hbond substituents is 1. The average Bonchev–Trinajstić information content (AvgIpc) is 2.91. The summed E-state index contributed by atoms with van der Waals surface area (Å²) >= 11 is 0. The first kappa shape index (κ1) is 28.9. The molecule has 0 unspecified atom stereocenters. The van der Waals surface area contributed by atoms with Gasteiger partial charge in [0.2, 0.25) is 6.29 Å². The number of hydrogen-bond donors (Lipinski definition) is 7. The van der Waals surface area contributed by atoms with Crippen molar-refractivity contribution in [1.29, 1.82) is 0 Å². The van der Waals surface area contributed by atoms with E-state index in [9.17, 15) is 35.7 Å². The molecule has 37 heavy (non-hydrogen) atoms. The van der Waals surface area contributed by atoms with E-state index in [-0.39, 0.29) is 36.2 Å². The molecule has 0 bridgehead atoms. The third-order valence-electron chi connectivity index (χ3n) is 6.46. The van der Waals surface area contributed by atoms with Crippen LogP contribution in [0.2, 0.25) is 0 Å². The second-order valence-electron chi connectivity index (χ2n) is 8.95. The van der Waals surface area contributed by atoms with Crippen molar-refractivity contribution in [3.05, 3.63) is 47.0 Å². The van der Waals surface area contributed by atoms with E-state index >= 15 is 0 Å². The Morgan fingerprint density at radius 2 is 1.59 bits per heavy atom. The largest absolute Gasteiger partial charge is 0.504 e. The van der Waals surface area contributed by atoms with Gasteiger partial charge in [-0.3, -0.25) is 0 Å². The summed E-state index contributed by atoms with van der Waals surface area (Å²) in [6.07, 6.45) is -6.12. The SMILES string of the molecule is COc1cc(C[C@@H](CO)c2cc(CCCO)cc(OC)c2O[C@@H]2O[C@H](CO)[C@@H](O)[C@H](O)[C@H]2O)ccc1O. The van der Waals surface area contributed by atoms with Gasteiger partial charge in [-0.25, -0.2) is 0 Å². The normalized spacial score (nSPS) is 24.5. The van der Waals surface area contributed by atoms with Gasteiger partial charge in [-0.2, -0.15) is 0 Å². The Balaban J connectivity index is 2.04. The second kappa shape index (κ2) is 13.2. The summed E-state index contributed by atoms with van der Waals surface area (Å²) in [4.78, 5) is 0. The summed E-state index contributed by atoms with van der Waals surface area (Å²) in [5.41, 5.74) is 2.08. The summed E-state index contributed by atoms with van der Waals surface area (Å²) in [6, 6.07) is 8.35. The second-order valence-corrected chi connectivity index (χ2v) is 8.95. The first-order chi connectivity index (χ1) is 17.8. The van der Waals surface area contributed by atoms with Crippen LogP contribution < -0.4 is 14.2 Å². The first-order valence-electron chi connectivity index (χ1n) is 12.0. The highest BCUT2D eigenvalue weighted by Crippen LogP contribution is 2.41. The fraction of sp³-hybridized carbons (Fsp3) is 0.538. The van der Waals surface area contributed by atoms with E-state index in [0.29, 0.717) is 24.8 Å². The molecule has 0 aromatic heterocycles. The molecule has 11 nitrogen and oxygen atoms in total. The minimum absolute atomic E-state index is 0.0164. The van der Waals surface area contributed by atoms with E-state index in [1.54, 1.807) is 24.3 Å². The monoisotopic (exact) mass is 524 g/mol. The van der Waals surface area contributed by atoms with Gasteiger partial charge in [0.25, 0.3) is 0 Å². The fourth-order valence-corrected chi connectivity index (χ4v) is 4.38. The van der Waals surface area contributed by atoms with Crippen molar-refractivity contribution < 1.29 is 54.7 Å². The van der Waals surface area contributed by atoms with Crippen molar-refractivity contribution in [2.75, 3.05) is 34.0 Å². The van der Waals surface area contributed by atoms with Crippen molar-refractivity contribution in [2.24, 2.45) is 0 Å². The molecule has 3 rings (SSSR count). The molecule has 0 spiro atoms. The van der Waals surface area contributed by atoms with Gasteiger partial charge in [-0.05, 0) is 48.6 Å². The molecule has 0 saturated carbocycles. The molecule has 1 saturated heterocycles. The van der Waals surface area contributed by atoms with Crippen molar-refractivity contribution in [2.45, 2.75) is 55.9 Å². The molecular weight excluding hydrogens is 488 g/mol. The Labute approximate surface area is 215 Å². The van der Waals surface area contributed by atoms with Crippen LogP contribution in [0.1, 0.15) is 29.0 Å². The molecule has 1 fully saturated rings. The van der Waals surface area contributed by atoms with Gasteiger partial charge in [0.05, 0.1) is 27.4 Å². The number of phenols is 1. The van der Waals surface area contributed by atoms with Crippen molar-refractivity contribution in [3.8, 4) is 23.0 Å². The van der Waals surface area contributed by atoms with Gasteiger partial charge >= 0.3 is 0 Å². The van der Waals surface area contributed by atoms with E-state index in [2.05, 4.69) is 0 Å². The Morgan fingerprint density at radius 3 is 2.22 bits per heavy atom. The molecule has 11 heteroatoms. The fourth-order valence-electron chi connectivity index (χ4n) is 4.38. The number of methoxy groups -OCH3 is 2. The van der Waals surface area contributed by atoms with Crippen LogP contribution in [0.3, 0.4) is 0 Å². The highest BCUT2D eigenvalue weighted by Gasteiger charge is 2.45. The van der Waals surface area contributed by atoms with E-state index in [1.807, 2.05) is 0 Å². The molecule has 206 valence electrons. The average molecular weight is 525 g/mol. The van der Waals surface area contributed by atoms with Crippen LogP contribution in [0.4, 0.5) is 0 Å². The zero-order valence-electron chi connectivity index (χ0n) is 20.9. The van der Waals surface area contributed by atoms with E-state index in [1.165, 1.54) is 20.3 Å². The number of rotatable bonds is 12. The van der Waals surface area contributed by atoms with Crippen LogP contribution in [0.5, 0.6) is 23.0 Å². The van der Waals surface area contributed by atoms with Crippen molar-refractivity contribution in [1.82, 2.24) is 0 Å². The van der Waals surface area contributed by atoms with Crippen molar-refractivity contribution >= 4 is 0 Å². The molecular formula is C26H36O11. The Bertz CT molecular complexity index is 1010. The summed E-state index contributed by atoms with van der Waals surface area (Å²) in [5, 5.41) is 70.0. The lowest BCUT2D eigenvalue weighted by Crippen LogP contribution is -2.60. The number of hydrogen-bond acceptors (Lipinski definition) is 11. The maximum Gasteiger partial charge on any atom is 0.229 e. The van der Waals surface area contributed by atoms with E-state index in [0.717, 1.165) is 11.1 Å². The van der Waals surface area contributed by atoms with Gasteiger partial charge in [-0.15, -0.1) is 0 Å². The lowest BCUT2D eigenvalue weighted by molar-refractivity contribution is -0.277. The Hall–Kier alpha value is -2.64. The molecule has 1 aliphatic heterocycles. The highest BCUT2D eigenvalue weighted by atomic mass is 16.7. The molecule has 0 amide bonds. The molecule has 2 aromatic rings. The predicted molar refractivity (Wildman–Crippen MR) is 131 cm³/mol. The quantitative estimate of drug-likeness (QED) is 0.196. The zero-order chi connectivity index (χ0) is 27.1. The summed E-state index contributed by atoms with van der Waals surface area (Å²) in [6.45, 7) is -0.935. The number of aromatic hydroxyl groups is 1. The van der Waals surface area contributed by atoms with Gasteiger partial charge in [0.1, 0.15) is 24.4 Å². The molecule has 0 aliphatic carbocycles. The van der Waals surface area contributed by atoms with Crippen molar-refractivity contribution in [3.63, 3.8) is 0 Å². The Kier molecular flexibility index (Phi) is 10.4. The number of ether oxygens (including phenoxy) is 4. The van der Waals surface area contributed by atoms with Gasteiger partial charge in [0, 0.05) is 18.1 Å². The molecule has 1 aliphatic rings. The minimum atomic E-state index is -1.64. The standard InChI is InChI=1S/C26H36O11/c1-34-19-10-15(5-6-18(19)30)8-16(12-28)17-9-14(4-3-7-27)11-20(35-2)25(17)37-26-24(33)23(32)22(31)21(13-29)36-26/h5-6,9-11,16,21-24,26-33H,3-4,7-8,12-13H2,1-2H3/t16-,21+,22+,23-,24+,26-/m0/s1. The number of aliphatic hydroxyl groups excluding tert-OH is 6. The third-order valence-corrected chi connectivity index (χ3v) is 6.46. The van der Waals surface area contributed by atoms with Gasteiger partial charge in [-0.1, -0.05) is 12.1 Å². The Morgan fingerprint density at radius 1 is 0.892 bits per heavy atom. The summed E-state index contributed by atoms with van der Waals surface area (Å²) in [7, 11) is 2.86. The molecule has 0 radical (unpaired) electrons. The van der Waals surface area contributed by atoms with Crippen LogP contribution in [0.25, 0.3) is 0 Å². The minimum Gasteiger partial charge on any atom is -0.504 e. The van der Waals surface area contributed by atoms with Crippen LogP contribution in [-0.2, 0) is 17.6 Å². The van der Waals surface area contributed by atoms with Crippen LogP contribution in [0, 0.1) is 0 Å².